The monoisotopic (exact) mass is 339 g/mol. The molecule has 1 atom stereocenters. The van der Waals surface area contributed by atoms with Crippen LogP contribution in [-0.4, -0.2) is 39.1 Å². The predicted octanol–water partition coefficient (Wildman–Crippen LogP) is 2.11. The molecule has 0 spiro atoms. The second kappa shape index (κ2) is 6.57. The second-order valence-corrected chi connectivity index (χ2v) is 5.88. The predicted molar refractivity (Wildman–Crippen MR) is 97.7 cm³/mol. The first kappa shape index (κ1) is 17.0. The van der Waals surface area contributed by atoms with E-state index < -0.39 is 6.17 Å². The molecule has 0 saturated carbocycles. The molecule has 0 fully saturated rings. The summed E-state index contributed by atoms with van der Waals surface area (Å²) < 4.78 is 11.1. The Morgan fingerprint density at radius 1 is 1.12 bits per heavy atom. The van der Waals surface area contributed by atoms with Crippen LogP contribution >= 0.6 is 0 Å². The van der Waals surface area contributed by atoms with Crippen LogP contribution in [0.2, 0.25) is 0 Å². The smallest absolute Gasteiger partial charge is 0.266 e. The zero-order chi connectivity index (χ0) is 18.1. The van der Waals surface area contributed by atoms with Gasteiger partial charge in [-0.1, -0.05) is 18.2 Å². The van der Waals surface area contributed by atoms with Crippen LogP contribution in [0.5, 0.6) is 11.5 Å². The molecule has 2 N–H and O–H groups in total. The summed E-state index contributed by atoms with van der Waals surface area (Å²) in [6.45, 7) is 1.96. The molecule has 0 radical (unpaired) electrons. The molecule has 25 heavy (non-hydrogen) atoms. The van der Waals surface area contributed by atoms with Crippen LogP contribution < -0.4 is 20.1 Å². The third kappa shape index (κ3) is 2.85. The molecule has 130 valence electrons. The number of aliphatic imine (C=N–C) groups is 1. The fraction of sp³-hybridized carbons (Fsp3) is 0.263. The first-order chi connectivity index (χ1) is 12.0. The molecule has 1 unspecified atom stereocenters. The number of ether oxygens (including phenoxy) is 2. The molecule has 0 aliphatic carbocycles. The zero-order valence-corrected chi connectivity index (χ0v) is 14.7. The summed E-state index contributed by atoms with van der Waals surface area (Å²) in [6, 6.07) is 11.4. The summed E-state index contributed by atoms with van der Waals surface area (Å²) in [5.74, 6) is 0.969. The number of para-hydroxylation sites is 1. The Labute approximate surface area is 146 Å². The van der Waals surface area contributed by atoms with Crippen molar-refractivity contribution in [2.45, 2.75) is 13.1 Å². The van der Waals surface area contributed by atoms with Crippen molar-refractivity contribution in [3.63, 3.8) is 0 Å². The Kier molecular flexibility index (Phi) is 4.46. The second-order valence-electron chi connectivity index (χ2n) is 5.88. The lowest BCUT2D eigenvalue weighted by atomic mass is 9.97. The van der Waals surface area contributed by atoms with Gasteiger partial charge in [0.15, 0.2) is 6.17 Å². The van der Waals surface area contributed by atoms with Gasteiger partial charge in [0.05, 0.1) is 31.2 Å². The van der Waals surface area contributed by atoms with Gasteiger partial charge in [-0.3, -0.25) is 9.79 Å². The van der Waals surface area contributed by atoms with Gasteiger partial charge in [-0.05, 0) is 30.7 Å². The van der Waals surface area contributed by atoms with Crippen LogP contribution in [-0.2, 0) is 4.79 Å². The maximum Gasteiger partial charge on any atom is 0.266 e. The maximum atomic E-state index is 12.5. The van der Waals surface area contributed by atoms with Crippen LogP contribution in [0.15, 0.2) is 41.4 Å². The van der Waals surface area contributed by atoms with Gasteiger partial charge in [0.1, 0.15) is 11.5 Å². The molecule has 3 rings (SSSR count). The topological polar surface area (TPSA) is 77.1 Å². The van der Waals surface area contributed by atoms with Crippen molar-refractivity contribution in [2.24, 2.45) is 10.7 Å². The van der Waals surface area contributed by atoms with Crippen molar-refractivity contribution >= 4 is 17.3 Å². The summed E-state index contributed by atoms with van der Waals surface area (Å²) in [5.41, 5.74) is 9.82. The number of fused-ring (bicyclic) bond motifs is 1. The molecule has 2 aromatic carbocycles. The first-order valence-electron chi connectivity index (χ1n) is 7.91. The van der Waals surface area contributed by atoms with Crippen LogP contribution in [0.1, 0.15) is 16.7 Å². The fourth-order valence-electron chi connectivity index (χ4n) is 3.02. The molecule has 0 aromatic heterocycles. The highest BCUT2D eigenvalue weighted by Crippen LogP contribution is 2.36. The lowest BCUT2D eigenvalue weighted by molar-refractivity contribution is -0.119. The van der Waals surface area contributed by atoms with Crippen LogP contribution in [0.25, 0.3) is 0 Å². The molecule has 1 aliphatic rings. The lowest BCUT2D eigenvalue weighted by Crippen LogP contribution is -2.39. The van der Waals surface area contributed by atoms with E-state index >= 15 is 0 Å². The van der Waals surface area contributed by atoms with Gasteiger partial charge in [0.25, 0.3) is 5.91 Å². The Morgan fingerprint density at radius 3 is 2.32 bits per heavy atom. The Bertz CT molecular complexity index is 836. The standard InChI is InChI=1S/C19H21N3O3/c1-11-9-14(24-3)16(15(10-11)25-4)17-12-7-5-6-8-13(12)22(2)19(23)18(20)21-17/h5-10,18H,20H2,1-4H3. The number of carbonyl (C=O) groups is 1. The summed E-state index contributed by atoms with van der Waals surface area (Å²) in [5, 5.41) is 0. The van der Waals surface area contributed by atoms with Gasteiger partial charge in [0.2, 0.25) is 0 Å². The van der Waals surface area contributed by atoms with Crippen molar-refractivity contribution in [1.29, 1.82) is 0 Å². The number of benzodiazepines with no additional fused rings is 1. The summed E-state index contributed by atoms with van der Waals surface area (Å²) in [6.07, 6.45) is -0.997. The van der Waals surface area contributed by atoms with Crippen molar-refractivity contribution in [2.75, 3.05) is 26.2 Å². The minimum absolute atomic E-state index is 0.271. The van der Waals surface area contributed by atoms with E-state index in [1.54, 1.807) is 21.3 Å². The molecule has 0 bridgehead atoms. The van der Waals surface area contributed by atoms with Crippen molar-refractivity contribution in [1.82, 2.24) is 0 Å². The molecule has 1 heterocycles. The lowest BCUT2D eigenvalue weighted by Gasteiger charge is -2.19. The number of rotatable bonds is 3. The van der Waals surface area contributed by atoms with E-state index in [1.165, 1.54) is 4.90 Å². The number of aryl methyl sites for hydroxylation is 1. The van der Waals surface area contributed by atoms with Gasteiger partial charge >= 0.3 is 0 Å². The number of benzene rings is 2. The van der Waals surface area contributed by atoms with E-state index in [0.717, 1.165) is 16.8 Å². The Balaban J connectivity index is 2.35. The van der Waals surface area contributed by atoms with E-state index in [1.807, 2.05) is 43.3 Å². The number of nitrogens with zero attached hydrogens (tertiary/aromatic N) is 2. The van der Waals surface area contributed by atoms with Gasteiger partial charge in [0, 0.05) is 12.6 Å². The van der Waals surface area contributed by atoms with Gasteiger partial charge < -0.3 is 20.1 Å². The summed E-state index contributed by atoms with van der Waals surface area (Å²) in [4.78, 5) is 18.5. The third-order valence-electron chi connectivity index (χ3n) is 4.26. The molecule has 0 saturated heterocycles. The highest BCUT2D eigenvalue weighted by Gasteiger charge is 2.30. The minimum Gasteiger partial charge on any atom is -0.496 e. The summed E-state index contributed by atoms with van der Waals surface area (Å²) >= 11 is 0. The van der Waals surface area contributed by atoms with Crippen LogP contribution in [0.4, 0.5) is 5.69 Å². The van der Waals surface area contributed by atoms with Crippen molar-refractivity contribution < 1.29 is 14.3 Å². The van der Waals surface area contributed by atoms with Crippen molar-refractivity contribution in [3.8, 4) is 11.5 Å². The van der Waals surface area contributed by atoms with Gasteiger partial charge in [-0.2, -0.15) is 0 Å². The number of hydrogen-bond donors (Lipinski definition) is 1. The molecule has 1 amide bonds. The molecular formula is C19H21N3O3. The summed E-state index contributed by atoms with van der Waals surface area (Å²) in [7, 11) is 4.89. The number of amides is 1. The molecule has 2 aromatic rings. The average molecular weight is 339 g/mol. The molecule has 6 nitrogen and oxygen atoms in total. The maximum absolute atomic E-state index is 12.5. The number of likely N-dealkylation sites (N-methyl/N-ethyl adjacent to an activating group) is 1. The highest BCUT2D eigenvalue weighted by atomic mass is 16.5. The Hall–Kier alpha value is -2.86. The SMILES string of the molecule is COc1cc(C)cc(OC)c1C1=NC(N)C(=O)N(C)c2ccccc21. The zero-order valence-electron chi connectivity index (χ0n) is 14.7. The van der Waals surface area contributed by atoms with E-state index in [0.29, 0.717) is 22.8 Å². The number of nitrogens with two attached hydrogens (primary N) is 1. The fourth-order valence-corrected chi connectivity index (χ4v) is 3.02. The number of methoxy groups -OCH3 is 2. The van der Waals surface area contributed by atoms with Crippen LogP contribution in [0, 0.1) is 6.92 Å². The Morgan fingerprint density at radius 2 is 1.72 bits per heavy atom. The number of hydrogen-bond acceptors (Lipinski definition) is 5. The minimum atomic E-state index is -0.997. The molecule has 1 aliphatic heterocycles. The van der Waals surface area contributed by atoms with Crippen LogP contribution in [0.3, 0.4) is 0 Å². The van der Waals surface area contributed by atoms with E-state index in [4.69, 9.17) is 15.2 Å². The number of carbonyl (C=O) groups excluding carboxylic acids is 1. The van der Waals surface area contributed by atoms with E-state index in [9.17, 15) is 4.79 Å². The first-order valence-corrected chi connectivity index (χ1v) is 7.91. The third-order valence-corrected chi connectivity index (χ3v) is 4.26. The largest absolute Gasteiger partial charge is 0.496 e. The van der Waals surface area contributed by atoms with Gasteiger partial charge in [-0.15, -0.1) is 0 Å². The quantitative estimate of drug-likeness (QED) is 0.929. The molecular weight excluding hydrogens is 318 g/mol. The molecule has 6 heteroatoms. The normalized spacial score (nSPS) is 16.8. The van der Waals surface area contributed by atoms with E-state index in [-0.39, 0.29) is 5.91 Å². The highest BCUT2D eigenvalue weighted by molar-refractivity contribution is 6.22. The van der Waals surface area contributed by atoms with Crippen molar-refractivity contribution in [3.05, 3.63) is 53.1 Å². The average Bonchev–Trinajstić information content (AvgIpc) is 2.72. The van der Waals surface area contributed by atoms with Gasteiger partial charge in [-0.25, -0.2) is 0 Å². The van der Waals surface area contributed by atoms with E-state index in [2.05, 4.69) is 4.99 Å². The number of anilines is 1.